The standard InChI is InChI=1S/C31H26FO3S/c1-31(2,22-21-24-11-9-10-16-29(24)32)35-30(33)23-34-25-17-19-28(20-18-25)36(26-12-5-3-6-13-26)27-14-7-4-8-15-27/h3-20H,23H2,1-2H3/q+1. The first-order valence-electron chi connectivity index (χ1n) is 11.5. The summed E-state index contributed by atoms with van der Waals surface area (Å²) < 4.78 is 24.9. The van der Waals surface area contributed by atoms with Crippen LogP contribution in [-0.2, 0) is 20.4 Å². The van der Waals surface area contributed by atoms with Crippen molar-refractivity contribution in [3.63, 3.8) is 0 Å². The number of rotatable bonds is 7. The maximum Gasteiger partial charge on any atom is 0.345 e. The molecule has 0 aromatic heterocycles. The van der Waals surface area contributed by atoms with Gasteiger partial charge in [0.15, 0.2) is 26.9 Å². The molecule has 0 bridgehead atoms. The van der Waals surface area contributed by atoms with Crippen LogP contribution in [0.2, 0.25) is 0 Å². The van der Waals surface area contributed by atoms with E-state index < -0.39 is 17.4 Å². The fourth-order valence-corrected chi connectivity index (χ4v) is 5.54. The molecule has 0 aliphatic heterocycles. The predicted octanol–water partition coefficient (Wildman–Crippen LogP) is 6.67. The maximum atomic E-state index is 13.8. The van der Waals surface area contributed by atoms with Gasteiger partial charge in [0.2, 0.25) is 0 Å². The van der Waals surface area contributed by atoms with Gasteiger partial charge < -0.3 is 9.47 Å². The van der Waals surface area contributed by atoms with Gasteiger partial charge in [0.1, 0.15) is 11.6 Å². The SMILES string of the molecule is CC(C)(C#Cc1ccccc1F)OC(=O)COc1ccc([S+](c2ccccc2)c2ccccc2)cc1. The lowest BCUT2D eigenvalue weighted by Gasteiger charge is -2.19. The molecule has 0 spiro atoms. The van der Waals surface area contributed by atoms with Crippen LogP contribution in [0.25, 0.3) is 0 Å². The molecule has 0 N–H and O–H groups in total. The number of benzene rings is 4. The molecule has 0 radical (unpaired) electrons. The topological polar surface area (TPSA) is 35.5 Å². The van der Waals surface area contributed by atoms with Gasteiger partial charge in [-0.05, 0) is 74.5 Å². The summed E-state index contributed by atoms with van der Waals surface area (Å²) in [5.41, 5.74) is -0.838. The van der Waals surface area contributed by atoms with E-state index in [0.29, 0.717) is 5.75 Å². The van der Waals surface area contributed by atoms with Crippen molar-refractivity contribution in [2.75, 3.05) is 6.61 Å². The molecule has 36 heavy (non-hydrogen) atoms. The zero-order valence-corrected chi connectivity index (χ0v) is 20.9. The number of ether oxygens (including phenoxy) is 2. The molecule has 0 aliphatic carbocycles. The number of halogens is 1. The zero-order chi connectivity index (χ0) is 25.4. The Morgan fingerprint density at radius 1 is 0.778 bits per heavy atom. The highest BCUT2D eigenvalue weighted by atomic mass is 32.2. The second-order valence-electron chi connectivity index (χ2n) is 8.41. The van der Waals surface area contributed by atoms with E-state index in [0.717, 1.165) is 4.90 Å². The number of hydrogen-bond acceptors (Lipinski definition) is 3. The Morgan fingerprint density at radius 2 is 1.31 bits per heavy atom. The van der Waals surface area contributed by atoms with Crippen LogP contribution >= 0.6 is 0 Å². The molecule has 4 aromatic carbocycles. The van der Waals surface area contributed by atoms with E-state index in [4.69, 9.17) is 9.47 Å². The Balaban J connectivity index is 1.40. The lowest BCUT2D eigenvalue weighted by Crippen LogP contribution is -2.29. The summed E-state index contributed by atoms with van der Waals surface area (Å²) in [6.07, 6.45) is 0. The van der Waals surface area contributed by atoms with Gasteiger partial charge in [-0.25, -0.2) is 9.18 Å². The molecule has 0 atom stereocenters. The third kappa shape index (κ3) is 6.78. The largest absolute Gasteiger partial charge is 0.482 e. The molecule has 180 valence electrons. The van der Waals surface area contributed by atoms with E-state index in [1.165, 1.54) is 15.9 Å². The van der Waals surface area contributed by atoms with E-state index in [-0.39, 0.29) is 23.1 Å². The minimum Gasteiger partial charge on any atom is -0.482 e. The van der Waals surface area contributed by atoms with Crippen LogP contribution in [0.4, 0.5) is 4.39 Å². The lowest BCUT2D eigenvalue weighted by atomic mass is 10.1. The van der Waals surface area contributed by atoms with Crippen molar-refractivity contribution in [2.24, 2.45) is 0 Å². The Morgan fingerprint density at radius 3 is 1.89 bits per heavy atom. The van der Waals surface area contributed by atoms with Crippen LogP contribution < -0.4 is 4.74 Å². The summed E-state index contributed by atoms with van der Waals surface area (Å²) in [7, 11) is -0.258. The summed E-state index contributed by atoms with van der Waals surface area (Å²) in [6.45, 7) is 3.05. The smallest absolute Gasteiger partial charge is 0.345 e. The predicted molar refractivity (Wildman–Crippen MR) is 140 cm³/mol. The van der Waals surface area contributed by atoms with Crippen LogP contribution in [0.1, 0.15) is 19.4 Å². The molecule has 0 amide bonds. The zero-order valence-electron chi connectivity index (χ0n) is 20.1. The first-order valence-corrected chi connectivity index (χ1v) is 12.7. The fourth-order valence-electron chi connectivity index (χ4n) is 3.46. The van der Waals surface area contributed by atoms with Gasteiger partial charge in [-0.3, -0.25) is 0 Å². The minimum absolute atomic E-state index is 0.253. The molecule has 0 aliphatic rings. The van der Waals surface area contributed by atoms with Crippen LogP contribution in [0, 0.1) is 17.7 Å². The van der Waals surface area contributed by atoms with Crippen molar-refractivity contribution in [2.45, 2.75) is 34.1 Å². The van der Waals surface area contributed by atoms with Crippen molar-refractivity contribution in [3.8, 4) is 17.6 Å². The molecule has 0 fully saturated rings. The van der Waals surface area contributed by atoms with Crippen molar-refractivity contribution in [1.82, 2.24) is 0 Å². The van der Waals surface area contributed by atoms with Crippen molar-refractivity contribution < 1.29 is 18.7 Å². The molecule has 0 saturated heterocycles. The third-order valence-corrected chi connectivity index (χ3v) is 7.35. The van der Waals surface area contributed by atoms with Crippen LogP contribution in [0.3, 0.4) is 0 Å². The minimum atomic E-state index is -1.09. The highest BCUT2D eigenvalue weighted by Crippen LogP contribution is 2.31. The van der Waals surface area contributed by atoms with Crippen molar-refractivity contribution in [1.29, 1.82) is 0 Å². The Bertz CT molecular complexity index is 1320. The van der Waals surface area contributed by atoms with E-state index in [2.05, 4.69) is 36.1 Å². The number of esters is 1. The first-order chi connectivity index (χ1) is 17.4. The van der Waals surface area contributed by atoms with Gasteiger partial charge in [-0.15, -0.1) is 0 Å². The van der Waals surface area contributed by atoms with Gasteiger partial charge in [0, 0.05) is 0 Å². The molecule has 4 rings (SSSR count). The summed E-state index contributed by atoms with van der Waals surface area (Å²) in [6, 6.07) is 34.7. The molecule has 0 saturated carbocycles. The molecule has 0 unspecified atom stereocenters. The van der Waals surface area contributed by atoms with E-state index in [1.807, 2.05) is 60.7 Å². The van der Waals surface area contributed by atoms with Gasteiger partial charge in [0.25, 0.3) is 0 Å². The average molecular weight is 498 g/mol. The average Bonchev–Trinajstić information content (AvgIpc) is 2.89. The molecular formula is C31H26FO3S+. The van der Waals surface area contributed by atoms with E-state index >= 15 is 0 Å². The fraction of sp³-hybridized carbons (Fsp3) is 0.129. The van der Waals surface area contributed by atoms with E-state index in [1.54, 1.807) is 32.0 Å². The van der Waals surface area contributed by atoms with Gasteiger partial charge in [0.05, 0.1) is 16.5 Å². The van der Waals surface area contributed by atoms with Crippen LogP contribution in [0.5, 0.6) is 5.75 Å². The monoisotopic (exact) mass is 497 g/mol. The van der Waals surface area contributed by atoms with Crippen molar-refractivity contribution in [3.05, 3.63) is 121 Å². The highest BCUT2D eigenvalue weighted by Gasteiger charge is 2.28. The van der Waals surface area contributed by atoms with E-state index in [9.17, 15) is 9.18 Å². The molecule has 3 nitrogen and oxygen atoms in total. The first kappa shape index (κ1) is 25.1. The summed E-state index contributed by atoms with van der Waals surface area (Å²) >= 11 is 0. The summed E-state index contributed by atoms with van der Waals surface area (Å²) in [5, 5.41) is 0. The number of hydrogen-bond donors (Lipinski definition) is 0. The molecule has 0 heterocycles. The van der Waals surface area contributed by atoms with Crippen molar-refractivity contribution >= 4 is 16.9 Å². The van der Waals surface area contributed by atoms with Gasteiger partial charge in [-0.2, -0.15) is 0 Å². The quantitative estimate of drug-likeness (QED) is 0.162. The molecule has 4 aromatic rings. The maximum absolute atomic E-state index is 13.8. The summed E-state index contributed by atoms with van der Waals surface area (Å²) in [5.74, 6) is 5.14. The van der Waals surface area contributed by atoms with Crippen LogP contribution in [0.15, 0.2) is 124 Å². The van der Waals surface area contributed by atoms with Gasteiger partial charge in [-0.1, -0.05) is 60.4 Å². The highest BCUT2D eigenvalue weighted by molar-refractivity contribution is 7.97. The van der Waals surface area contributed by atoms with Crippen LogP contribution in [-0.4, -0.2) is 18.2 Å². The normalized spacial score (nSPS) is 10.9. The Hall–Kier alpha value is -4.01. The number of carbonyl (C=O) groups is 1. The van der Waals surface area contributed by atoms with Gasteiger partial charge >= 0.3 is 5.97 Å². The molecule has 5 heteroatoms. The molecular weight excluding hydrogens is 471 g/mol. The number of carbonyl (C=O) groups excluding carboxylic acids is 1. The lowest BCUT2D eigenvalue weighted by molar-refractivity contribution is -0.154. The Kier molecular flexibility index (Phi) is 8.10. The third-order valence-electron chi connectivity index (χ3n) is 5.11. The summed E-state index contributed by atoms with van der Waals surface area (Å²) in [4.78, 5) is 16.0. The second-order valence-corrected chi connectivity index (χ2v) is 10.4. The second kappa shape index (κ2) is 11.6. The Labute approximate surface area is 214 Å².